The second kappa shape index (κ2) is 8.42. The molecule has 0 aliphatic rings. The third-order valence-electron chi connectivity index (χ3n) is 4.03. The summed E-state index contributed by atoms with van der Waals surface area (Å²) in [6.45, 7) is 4.76. The number of hydrogen-bond donors (Lipinski definition) is 1. The Labute approximate surface area is 148 Å². The van der Waals surface area contributed by atoms with E-state index in [0.717, 1.165) is 5.56 Å². The highest BCUT2D eigenvalue weighted by molar-refractivity contribution is 5.95. The fraction of sp³-hybridized carbons (Fsp3) is 0.350. The summed E-state index contributed by atoms with van der Waals surface area (Å²) in [6, 6.07) is 11.5. The molecule has 0 aliphatic carbocycles. The van der Waals surface area contributed by atoms with Gasteiger partial charge in [0.1, 0.15) is 0 Å². The highest BCUT2D eigenvalue weighted by atomic mass is 16.5. The van der Waals surface area contributed by atoms with Gasteiger partial charge in [-0.25, -0.2) is 0 Å². The zero-order chi connectivity index (χ0) is 18.4. The lowest BCUT2D eigenvalue weighted by molar-refractivity contribution is 0.0950. The summed E-state index contributed by atoms with van der Waals surface area (Å²) in [7, 11) is 4.57. The molecule has 1 N–H and O–H groups in total. The number of hydrogen-bond acceptors (Lipinski definition) is 4. The molecular formula is C20H25NO4. The molecule has 0 fully saturated rings. The molecule has 0 aromatic heterocycles. The largest absolute Gasteiger partial charge is 0.493 e. The lowest BCUT2D eigenvalue weighted by atomic mass is 10.0. The lowest BCUT2D eigenvalue weighted by Crippen LogP contribution is -2.23. The van der Waals surface area contributed by atoms with Crippen LogP contribution in [-0.2, 0) is 6.54 Å². The van der Waals surface area contributed by atoms with Crippen LogP contribution in [-0.4, -0.2) is 27.2 Å². The smallest absolute Gasteiger partial charge is 0.251 e. The zero-order valence-corrected chi connectivity index (χ0v) is 15.4. The number of carbonyl (C=O) groups is 1. The van der Waals surface area contributed by atoms with E-state index in [-0.39, 0.29) is 5.91 Å². The van der Waals surface area contributed by atoms with E-state index >= 15 is 0 Å². The lowest BCUT2D eigenvalue weighted by Gasteiger charge is -2.14. The molecule has 1 amide bonds. The van der Waals surface area contributed by atoms with Gasteiger partial charge >= 0.3 is 0 Å². The molecule has 2 aromatic rings. The molecule has 0 saturated carbocycles. The van der Waals surface area contributed by atoms with Crippen molar-refractivity contribution in [2.75, 3.05) is 21.3 Å². The van der Waals surface area contributed by atoms with E-state index in [1.165, 1.54) is 26.9 Å². The summed E-state index contributed by atoms with van der Waals surface area (Å²) in [6.07, 6.45) is 0. The summed E-state index contributed by atoms with van der Waals surface area (Å²) < 4.78 is 15.8. The fourth-order valence-corrected chi connectivity index (χ4v) is 2.52. The predicted molar refractivity (Wildman–Crippen MR) is 97.8 cm³/mol. The van der Waals surface area contributed by atoms with Gasteiger partial charge in [-0.2, -0.15) is 0 Å². The van der Waals surface area contributed by atoms with Gasteiger partial charge in [-0.15, -0.1) is 0 Å². The van der Waals surface area contributed by atoms with Crippen molar-refractivity contribution in [3.63, 3.8) is 0 Å². The topological polar surface area (TPSA) is 56.8 Å². The number of amides is 1. The zero-order valence-electron chi connectivity index (χ0n) is 15.4. The average molecular weight is 343 g/mol. The van der Waals surface area contributed by atoms with E-state index in [1.54, 1.807) is 12.1 Å². The Balaban J connectivity index is 2.12. The molecule has 2 aromatic carbocycles. The molecule has 0 bridgehead atoms. The van der Waals surface area contributed by atoms with Crippen molar-refractivity contribution < 1.29 is 19.0 Å². The van der Waals surface area contributed by atoms with E-state index in [4.69, 9.17) is 14.2 Å². The first-order valence-corrected chi connectivity index (χ1v) is 8.17. The Bertz CT molecular complexity index is 698. The first-order valence-electron chi connectivity index (χ1n) is 8.17. The first kappa shape index (κ1) is 18.6. The Morgan fingerprint density at radius 1 is 0.960 bits per heavy atom. The highest BCUT2D eigenvalue weighted by Gasteiger charge is 2.16. The van der Waals surface area contributed by atoms with E-state index in [1.807, 2.05) is 12.1 Å². The monoisotopic (exact) mass is 343 g/mol. The van der Waals surface area contributed by atoms with E-state index in [0.29, 0.717) is 35.3 Å². The van der Waals surface area contributed by atoms with Crippen LogP contribution >= 0.6 is 0 Å². The van der Waals surface area contributed by atoms with Crippen molar-refractivity contribution in [2.45, 2.75) is 26.3 Å². The van der Waals surface area contributed by atoms with Crippen molar-refractivity contribution >= 4 is 5.91 Å². The van der Waals surface area contributed by atoms with E-state index in [2.05, 4.69) is 31.3 Å². The first-order chi connectivity index (χ1) is 12.0. The third kappa shape index (κ3) is 4.44. The molecule has 0 atom stereocenters. The van der Waals surface area contributed by atoms with Crippen LogP contribution in [0.1, 0.15) is 41.3 Å². The number of carbonyl (C=O) groups excluding carboxylic acids is 1. The van der Waals surface area contributed by atoms with Crippen molar-refractivity contribution in [3.8, 4) is 17.2 Å². The van der Waals surface area contributed by atoms with Gasteiger partial charge in [0.25, 0.3) is 5.91 Å². The molecule has 0 saturated heterocycles. The van der Waals surface area contributed by atoms with Crippen LogP contribution in [0.3, 0.4) is 0 Å². The van der Waals surface area contributed by atoms with Gasteiger partial charge in [-0.3, -0.25) is 4.79 Å². The molecule has 25 heavy (non-hydrogen) atoms. The van der Waals surface area contributed by atoms with Crippen molar-refractivity contribution in [3.05, 3.63) is 53.1 Å². The van der Waals surface area contributed by atoms with Gasteiger partial charge in [-0.05, 0) is 29.2 Å². The Morgan fingerprint density at radius 2 is 1.52 bits per heavy atom. The SMILES string of the molecule is COc1cc(C(=O)NCc2ccc(C(C)C)cc2)cc(OC)c1OC. The fourth-order valence-electron chi connectivity index (χ4n) is 2.52. The molecule has 0 spiro atoms. The number of rotatable bonds is 7. The molecule has 134 valence electrons. The normalized spacial score (nSPS) is 10.5. The van der Waals surface area contributed by atoms with Gasteiger partial charge in [0.2, 0.25) is 5.75 Å². The summed E-state index contributed by atoms with van der Waals surface area (Å²) in [5.74, 6) is 1.66. The average Bonchev–Trinajstić information content (AvgIpc) is 2.64. The highest BCUT2D eigenvalue weighted by Crippen LogP contribution is 2.38. The molecule has 0 heterocycles. The maximum Gasteiger partial charge on any atom is 0.251 e. The second-order valence-electron chi connectivity index (χ2n) is 5.99. The van der Waals surface area contributed by atoms with E-state index in [9.17, 15) is 4.79 Å². The van der Waals surface area contributed by atoms with Crippen LogP contribution in [0.25, 0.3) is 0 Å². The van der Waals surface area contributed by atoms with Gasteiger partial charge in [0.05, 0.1) is 21.3 Å². The van der Waals surface area contributed by atoms with Gasteiger partial charge in [-0.1, -0.05) is 38.1 Å². The minimum atomic E-state index is -0.202. The Hall–Kier alpha value is -2.69. The standard InChI is InChI=1S/C20H25NO4/c1-13(2)15-8-6-14(7-9-15)12-21-20(22)16-10-17(23-3)19(25-5)18(11-16)24-4/h6-11,13H,12H2,1-5H3,(H,21,22). The minimum absolute atomic E-state index is 0.202. The van der Waals surface area contributed by atoms with E-state index < -0.39 is 0 Å². The number of ether oxygens (including phenoxy) is 3. The van der Waals surface area contributed by atoms with Crippen LogP contribution in [0, 0.1) is 0 Å². The second-order valence-corrected chi connectivity index (χ2v) is 5.99. The van der Waals surface area contributed by atoms with Crippen molar-refractivity contribution in [1.29, 1.82) is 0 Å². The molecule has 0 aliphatic heterocycles. The quantitative estimate of drug-likeness (QED) is 0.831. The number of methoxy groups -OCH3 is 3. The molecule has 0 radical (unpaired) electrons. The number of nitrogens with one attached hydrogen (secondary N) is 1. The van der Waals surface area contributed by atoms with Crippen molar-refractivity contribution in [1.82, 2.24) is 5.32 Å². The van der Waals surface area contributed by atoms with Crippen LogP contribution in [0.15, 0.2) is 36.4 Å². The summed E-state index contributed by atoms with van der Waals surface area (Å²) in [4.78, 5) is 12.5. The molecule has 5 heteroatoms. The maximum absolute atomic E-state index is 12.5. The molecule has 2 rings (SSSR count). The molecule has 5 nitrogen and oxygen atoms in total. The maximum atomic E-state index is 12.5. The molecular weight excluding hydrogens is 318 g/mol. The summed E-state index contributed by atoms with van der Waals surface area (Å²) >= 11 is 0. The summed E-state index contributed by atoms with van der Waals surface area (Å²) in [5, 5.41) is 2.91. The number of benzene rings is 2. The van der Waals surface area contributed by atoms with Crippen LogP contribution in [0.2, 0.25) is 0 Å². The van der Waals surface area contributed by atoms with Crippen LogP contribution in [0.4, 0.5) is 0 Å². The molecule has 0 unspecified atom stereocenters. The third-order valence-corrected chi connectivity index (χ3v) is 4.03. The minimum Gasteiger partial charge on any atom is -0.493 e. The summed E-state index contributed by atoms with van der Waals surface area (Å²) in [5.41, 5.74) is 2.78. The van der Waals surface area contributed by atoms with Crippen LogP contribution < -0.4 is 19.5 Å². The van der Waals surface area contributed by atoms with Gasteiger partial charge in [0.15, 0.2) is 11.5 Å². The van der Waals surface area contributed by atoms with Gasteiger partial charge in [0, 0.05) is 12.1 Å². The Morgan fingerprint density at radius 3 is 1.96 bits per heavy atom. The van der Waals surface area contributed by atoms with Crippen molar-refractivity contribution in [2.24, 2.45) is 0 Å². The van der Waals surface area contributed by atoms with Gasteiger partial charge < -0.3 is 19.5 Å². The Kier molecular flexibility index (Phi) is 6.28. The van der Waals surface area contributed by atoms with Crippen LogP contribution in [0.5, 0.6) is 17.2 Å². The predicted octanol–water partition coefficient (Wildman–Crippen LogP) is 3.77.